The zero-order chi connectivity index (χ0) is 20.0. The van der Waals surface area contributed by atoms with E-state index in [0.29, 0.717) is 15.3 Å². The first kappa shape index (κ1) is 22.1. The highest BCUT2D eigenvalue weighted by molar-refractivity contribution is 8.03. The monoisotopic (exact) mass is 417 g/mol. The molecule has 0 saturated carbocycles. The third-order valence-electron chi connectivity index (χ3n) is 2.71. The van der Waals surface area contributed by atoms with Crippen molar-refractivity contribution in [1.29, 1.82) is 0 Å². The average molecular weight is 417 g/mol. The molecule has 0 aliphatic carbocycles. The highest BCUT2D eigenvalue weighted by Gasteiger charge is 2.48. The van der Waals surface area contributed by atoms with Gasteiger partial charge in [-0.25, -0.2) is 8.42 Å². The minimum atomic E-state index is -6.14. The molecule has 0 bridgehead atoms. The lowest BCUT2D eigenvalue weighted by Gasteiger charge is -2.10. The van der Waals surface area contributed by atoms with Crippen molar-refractivity contribution in [2.24, 2.45) is 0 Å². The molecule has 1 rings (SSSR count). The first-order valence-electron chi connectivity index (χ1n) is 6.73. The Morgan fingerprint density at radius 1 is 1.15 bits per heavy atom. The molecule has 0 aromatic heterocycles. The maximum atomic E-state index is 12.1. The van der Waals surface area contributed by atoms with Crippen LogP contribution in [0, 0.1) is 0 Å². The highest BCUT2D eigenvalue weighted by atomic mass is 32.3. The van der Waals surface area contributed by atoms with Crippen molar-refractivity contribution in [1.82, 2.24) is 4.13 Å². The number of rotatable bonds is 9. The molecular formula is C13H14F3NO7S2. The van der Waals surface area contributed by atoms with Gasteiger partial charge in [-0.05, 0) is 11.1 Å². The molecule has 1 aromatic rings. The van der Waals surface area contributed by atoms with Crippen LogP contribution >= 0.6 is 0 Å². The third kappa shape index (κ3) is 6.74. The molecule has 13 heteroatoms. The summed E-state index contributed by atoms with van der Waals surface area (Å²) in [6.07, 6.45) is 1.36. The molecule has 0 unspecified atom stereocenters. The Hall–Kier alpha value is -1.96. The van der Waals surface area contributed by atoms with Gasteiger partial charge in [0.05, 0.1) is 6.42 Å². The number of nitrogens with one attached hydrogen (secondary N) is 1. The van der Waals surface area contributed by atoms with Crippen LogP contribution in [0.4, 0.5) is 13.2 Å². The van der Waals surface area contributed by atoms with E-state index in [1.807, 2.05) is 0 Å². The summed E-state index contributed by atoms with van der Waals surface area (Å²) in [4.78, 5) is 11.6. The van der Waals surface area contributed by atoms with Gasteiger partial charge in [0.1, 0.15) is 13.2 Å². The van der Waals surface area contributed by atoms with E-state index in [-0.39, 0.29) is 6.42 Å². The summed E-state index contributed by atoms with van der Waals surface area (Å²) in [6.45, 7) is 2.07. The SMILES string of the molecule is C=Cc1ccccc1CC(=O)OCCOS(=O)(=O)NS(=O)(=O)C(F)(F)F. The van der Waals surface area contributed by atoms with E-state index in [1.54, 1.807) is 24.3 Å². The topological polar surface area (TPSA) is 116 Å². The molecular weight excluding hydrogens is 403 g/mol. The molecule has 0 amide bonds. The number of benzene rings is 1. The molecule has 1 N–H and O–H groups in total. The average Bonchev–Trinajstić information content (AvgIpc) is 2.50. The first-order chi connectivity index (χ1) is 11.9. The van der Waals surface area contributed by atoms with Gasteiger partial charge in [0.25, 0.3) is 0 Å². The summed E-state index contributed by atoms with van der Waals surface area (Å²) in [5.41, 5.74) is -4.54. The number of hydrogen-bond acceptors (Lipinski definition) is 7. The van der Waals surface area contributed by atoms with Crippen LogP contribution < -0.4 is 4.13 Å². The normalized spacial score (nSPS) is 12.6. The standard InChI is InChI=1S/C13H14F3NO7S2/c1-2-10-5-3-4-6-11(10)9-12(18)23-7-8-24-26(21,22)17-25(19,20)13(14,15)16/h2-6,17H,1,7-9H2. The van der Waals surface area contributed by atoms with Gasteiger partial charge < -0.3 is 4.74 Å². The van der Waals surface area contributed by atoms with Gasteiger partial charge in [0.15, 0.2) is 0 Å². The fourth-order valence-corrected chi connectivity index (χ4v) is 3.54. The molecule has 0 spiro atoms. The minimum absolute atomic E-state index is 0.157. The van der Waals surface area contributed by atoms with Crippen molar-refractivity contribution in [3.63, 3.8) is 0 Å². The predicted octanol–water partition coefficient (Wildman–Crippen LogP) is 1.12. The minimum Gasteiger partial charge on any atom is -0.463 e. The Morgan fingerprint density at radius 3 is 2.35 bits per heavy atom. The number of halogens is 3. The van der Waals surface area contributed by atoms with E-state index < -0.39 is 45.0 Å². The molecule has 0 atom stereocenters. The van der Waals surface area contributed by atoms with E-state index >= 15 is 0 Å². The number of alkyl halides is 3. The molecule has 26 heavy (non-hydrogen) atoms. The van der Waals surface area contributed by atoms with Crippen LogP contribution in [0.3, 0.4) is 0 Å². The van der Waals surface area contributed by atoms with Crippen molar-refractivity contribution in [2.75, 3.05) is 13.2 Å². The van der Waals surface area contributed by atoms with Crippen molar-refractivity contribution >= 4 is 32.4 Å². The second-order valence-corrected chi connectivity index (χ2v) is 7.89. The maximum Gasteiger partial charge on any atom is 0.512 e. The lowest BCUT2D eigenvalue weighted by Crippen LogP contribution is -2.41. The summed E-state index contributed by atoms with van der Waals surface area (Å²) < 4.78 is 88.9. The summed E-state index contributed by atoms with van der Waals surface area (Å²) >= 11 is 0. The predicted molar refractivity (Wildman–Crippen MR) is 84.2 cm³/mol. The fraction of sp³-hybridized carbons (Fsp3) is 0.308. The van der Waals surface area contributed by atoms with Gasteiger partial charge in [-0.15, -0.1) is 0 Å². The van der Waals surface area contributed by atoms with Crippen LogP contribution in [0.5, 0.6) is 0 Å². The number of carbonyl (C=O) groups is 1. The number of carbonyl (C=O) groups excluding carboxylic acids is 1. The van der Waals surface area contributed by atoms with Crippen LogP contribution in [0.2, 0.25) is 0 Å². The third-order valence-corrected chi connectivity index (χ3v) is 5.49. The number of sulfonamides is 1. The van der Waals surface area contributed by atoms with Gasteiger partial charge in [-0.2, -0.15) is 21.6 Å². The second-order valence-electron chi connectivity index (χ2n) is 4.61. The van der Waals surface area contributed by atoms with Crippen molar-refractivity contribution in [3.8, 4) is 0 Å². The van der Waals surface area contributed by atoms with Crippen LogP contribution in [0.25, 0.3) is 6.08 Å². The molecule has 0 aliphatic rings. The molecule has 0 heterocycles. The number of hydrogen-bond donors (Lipinski definition) is 1. The van der Waals surface area contributed by atoms with E-state index in [2.05, 4.69) is 15.5 Å². The van der Waals surface area contributed by atoms with Gasteiger partial charge in [0, 0.05) is 0 Å². The Balaban J connectivity index is 2.48. The number of ether oxygens (including phenoxy) is 1. The van der Waals surface area contributed by atoms with Crippen LogP contribution in [-0.4, -0.2) is 41.5 Å². The summed E-state index contributed by atoms with van der Waals surface area (Å²) in [6, 6.07) is 6.76. The summed E-state index contributed by atoms with van der Waals surface area (Å²) in [5, 5.41) is 0. The zero-order valence-electron chi connectivity index (χ0n) is 13.0. The molecule has 0 aliphatic heterocycles. The van der Waals surface area contributed by atoms with E-state index in [9.17, 15) is 34.8 Å². The number of esters is 1. The quantitative estimate of drug-likeness (QED) is 0.473. The van der Waals surface area contributed by atoms with Crippen molar-refractivity contribution in [3.05, 3.63) is 42.0 Å². The Kier molecular flexibility index (Phi) is 7.32. The van der Waals surface area contributed by atoms with Gasteiger partial charge in [0.2, 0.25) is 0 Å². The second kappa shape index (κ2) is 8.62. The lowest BCUT2D eigenvalue weighted by molar-refractivity contribution is -0.143. The molecule has 1 aromatic carbocycles. The molecule has 146 valence electrons. The zero-order valence-corrected chi connectivity index (χ0v) is 14.7. The maximum absolute atomic E-state index is 12.1. The molecule has 8 nitrogen and oxygen atoms in total. The van der Waals surface area contributed by atoms with Crippen molar-refractivity contribution < 1.29 is 43.7 Å². The van der Waals surface area contributed by atoms with Crippen molar-refractivity contribution in [2.45, 2.75) is 11.9 Å². The van der Waals surface area contributed by atoms with Crippen LogP contribution in [-0.2, 0) is 40.5 Å². The largest absolute Gasteiger partial charge is 0.512 e. The molecule has 0 saturated heterocycles. The first-order valence-corrected chi connectivity index (χ1v) is 9.62. The smallest absolute Gasteiger partial charge is 0.463 e. The summed E-state index contributed by atoms with van der Waals surface area (Å²) in [5.74, 6) is -0.754. The van der Waals surface area contributed by atoms with E-state index in [0.717, 1.165) is 0 Å². The molecule has 0 fully saturated rings. The highest BCUT2D eigenvalue weighted by Crippen LogP contribution is 2.22. The summed E-state index contributed by atoms with van der Waals surface area (Å²) in [7, 11) is -11.4. The fourth-order valence-electron chi connectivity index (χ4n) is 1.61. The van der Waals surface area contributed by atoms with Crippen LogP contribution in [0.1, 0.15) is 11.1 Å². The Labute approximate surface area is 147 Å². The lowest BCUT2D eigenvalue weighted by atomic mass is 10.1. The van der Waals surface area contributed by atoms with Gasteiger partial charge in [-0.3, -0.25) is 8.98 Å². The van der Waals surface area contributed by atoms with Gasteiger partial charge >= 0.3 is 31.8 Å². The van der Waals surface area contributed by atoms with Gasteiger partial charge in [-0.1, -0.05) is 41.0 Å². The Morgan fingerprint density at radius 2 is 1.77 bits per heavy atom. The van der Waals surface area contributed by atoms with E-state index in [1.165, 1.54) is 6.08 Å². The molecule has 0 radical (unpaired) electrons. The Bertz CT molecular complexity index is 864. The van der Waals surface area contributed by atoms with Crippen LogP contribution in [0.15, 0.2) is 30.8 Å². The van der Waals surface area contributed by atoms with E-state index in [4.69, 9.17) is 0 Å².